The maximum absolute atomic E-state index is 14.7. The van der Waals surface area contributed by atoms with Crippen LogP contribution in [0, 0.1) is 23.4 Å². The molecule has 2 unspecified atom stereocenters. The van der Waals surface area contributed by atoms with Gasteiger partial charge >= 0.3 is 6.18 Å². The summed E-state index contributed by atoms with van der Waals surface area (Å²) in [5.74, 6) is -6.71. The number of rotatable bonds is 9. The Hall–Kier alpha value is -2.93. The summed E-state index contributed by atoms with van der Waals surface area (Å²) >= 11 is 18.6. The molecule has 1 saturated carbocycles. The van der Waals surface area contributed by atoms with E-state index >= 15 is 0 Å². The molecule has 4 rings (SSSR count). The maximum atomic E-state index is 14.7. The van der Waals surface area contributed by atoms with Crippen LogP contribution in [-0.2, 0) is 11.0 Å². The van der Waals surface area contributed by atoms with Gasteiger partial charge in [-0.3, -0.25) is 4.79 Å². The van der Waals surface area contributed by atoms with Crippen LogP contribution in [0.2, 0.25) is 5.02 Å². The highest BCUT2D eigenvalue weighted by atomic mass is 35.5. The number of aliphatic hydroxyl groups excluding tert-OH is 1. The molecule has 0 aromatic heterocycles. The van der Waals surface area contributed by atoms with E-state index < -0.39 is 69.9 Å². The molecule has 4 N–H and O–H groups in total. The zero-order valence-electron chi connectivity index (χ0n) is 20.4. The number of nitrogens with one attached hydrogen (secondary N) is 3. The van der Waals surface area contributed by atoms with Gasteiger partial charge in [0.05, 0.1) is 17.2 Å². The first-order valence-electron chi connectivity index (χ1n) is 11.7. The van der Waals surface area contributed by atoms with Gasteiger partial charge in [-0.05, 0) is 48.0 Å². The van der Waals surface area contributed by atoms with E-state index in [0.717, 1.165) is 18.2 Å². The number of anilines is 3. The van der Waals surface area contributed by atoms with E-state index in [2.05, 4.69) is 16.0 Å². The Kier molecular flexibility index (Phi) is 8.89. The number of hydrogen-bond acceptors (Lipinski definition) is 4. The fraction of sp³-hybridized carbons (Fsp3) is 0.269. The van der Waals surface area contributed by atoms with Crippen LogP contribution in [0.4, 0.5) is 47.8 Å². The first-order chi connectivity index (χ1) is 19.2. The van der Waals surface area contributed by atoms with Crippen molar-refractivity contribution < 1.29 is 40.6 Å². The lowest BCUT2D eigenvalue weighted by molar-refractivity contribution is -0.140. The van der Waals surface area contributed by atoms with Crippen LogP contribution in [0.15, 0.2) is 48.5 Å². The molecule has 15 heteroatoms. The molecule has 220 valence electrons. The Balaban J connectivity index is 1.52. The van der Waals surface area contributed by atoms with E-state index in [0.29, 0.717) is 12.1 Å². The van der Waals surface area contributed by atoms with Crippen LogP contribution in [0.1, 0.15) is 28.8 Å². The largest absolute Gasteiger partial charge is 0.419 e. The zero-order valence-corrected chi connectivity index (χ0v) is 22.7. The number of alkyl halides is 6. The smallest absolute Gasteiger partial charge is 0.378 e. The molecule has 5 nitrogen and oxygen atoms in total. The molecular weight excluding hydrogens is 626 g/mol. The summed E-state index contributed by atoms with van der Waals surface area (Å²) in [7, 11) is 0. The molecule has 1 aliphatic rings. The van der Waals surface area contributed by atoms with Crippen LogP contribution in [0.3, 0.4) is 0 Å². The van der Waals surface area contributed by atoms with Crippen LogP contribution >= 0.6 is 34.8 Å². The molecule has 0 heterocycles. The third kappa shape index (κ3) is 6.45. The second-order valence-corrected chi connectivity index (χ2v) is 10.9. The molecule has 0 aliphatic heterocycles. The summed E-state index contributed by atoms with van der Waals surface area (Å²) in [6.45, 7) is -1.24. The summed E-state index contributed by atoms with van der Waals surface area (Å²) < 4.78 is 92.5. The van der Waals surface area contributed by atoms with Gasteiger partial charge in [-0.1, -0.05) is 17.7 Å². The molecule has 41 heavy (non-hydrogen) atoms. The lowest BCUT2D eigenvalue weighted by Gasteiger charge is -2.19. The Labute approximate surface area is 243 Å². The van der Waals surface area contributed by atoms with Crippen molar-refractivity contribution in [3.8, 4) is 0 Å². The van der Waals surface area contributed by atoms with Crippen molar-refractivity contribution in [2.75, 3.05) is 29.2 Å². The number of halogens is 10. The Bertz CT molecular complexity index is 1470. The SMILES string of the molecule is O=C(Nc1ccc(Cl)c(C(O)Nc2ccc(F)c(NCCF)c2F)c1)[C@H]1C(c2ccc(F)c(C(F)(F)F)c2)C1(Cl)Cl. The van der Waals surface area contributed by atoms with Crippen LogP contribution in [0.25, 0.3) is 0 Å². The maximum Gasteiger partial charge on any atom is 0.419 e. The number of amides is 1. The van der Waals surface area contributed by atoms with Gasteiger partial charge in [0.15, 0.2) is 12.0 Å². The molecule has 1 aliphatic carbocycles. The van der Waals surface area contributed by atoms with Gasteiger partial charge in [0.2, 0.25) is 5.91 Å². The van der Waals surface area contributed by atoms with Gasteiger partial charge in [-0.25, -0.2) is 17.6 Å². The predicted octanol–water partition coefficient (Wildman–Crippen LogP) is 7.79. The van der Waals surface area contributed by atoms with Gasteiger partial charge in [0.25, 0.3) is 0 Å². The Morgan fingerprint density at radius 3 is 2.37 bits per heavy atom. The second kappa shape index (κ2) is 11.7. The first-order valence-corrected chi connectivity index (χ1v) is 12.9. The number of hydrogen-bond donors (Lipinski definition) is 4. The Morgan fingerprint density at radius 1 is 1.02 bits per heavy atom. The summed E-state index contributed by atoms with van der Waals surface area (Å²) in [5, 5.41) is 17.8. The third-order valence-electron chi connectivity index (χ3n) is 6.33. The van der Waals surface area contributed by atoms with E-state index in [1.54, 1.807) is 0 Å². The highest BCUT2D eigenvalue weighted by molar-refractivity contribution is 6.53. The van der Waals surface area contributed by atoms with Gasteiger partial charge < -0.3 is 21.1 Å². The van der Waals surface area contributed by atoms with E-state index in [9.17, 15) is 40.6 Å². The van der Waals surface area contributed by atoms with Gasteiger partial charge in [-0.2, -0.15) is 13.2 Å². The van der Waals surface area contributed by atoms with E-state index in [1.807, 2.05) is 0 Å². The van der Waals surface area contributed by atoms with Crippen molar-refractivity contribution in [1.82, 2.24) is 0 Å². The summed E-state index contributed by atoms with van der Waals surface area (Å²) in [4.78, 5) is 13.0. The molecule has 1 amide bonds. The number of benzene rings is 3. The minimum absolute atomic E-state index is 0.0133. The van der Waals surface area contributed by atoms with E-state index in [4.69, 9.17) is 34.8 Å². The molecule has 0 saturated heterocycles. The highest BCUT2D eigenvalue weighted by Gasteiger charge is 2.67. The quantitative estimate of drug-likeness (QED) is 0.109. The summed E-state index contributed by atoms with van der Waals surface area (Å²) in [6, 6.07) is 7.96. The topological polar surface area (TPSA) is 73.4 Å². The molecule has 3 aromatic rings. The van der Waals surface area contributed by atoms with Crippen molar-refractivity contribution in [2.24, 2.45) is 5.92 Å². The van der Waals surface area contributed by atoms with Gasteiger partial charge in [-0.15, -0.1) is 23.2 Å². The number of aliphatic hydroxyl groups is 1. The molecule has 1 fully saturated rings. The minimum atomic E-state index is -4.98. The van der Waals surface area contributed by atoms with Gasteiger partial charge in [0, 0.05) is 28.7 Å². The fourth-order valence-electron chi connectivity index (χ4n) is 4.30. The van der Waals surface area contributed by atoms with Gasteiger partial charge in [0.1, 0.15) is 28.3 Å². The molecule has 0 radical (unpaired) electrons. The molecule has 0 bridgehead atoms. The third-order valence-corrected chi connectivity index (χ3v) is 7.61. The lowest BCUT2D eigenvalue weighted by Crippen LogP contribution is -2.18. The Morgan fingerprint density at radius 2 is 1.71 bits per heavy atom. The first kappa shape index (κ1) is 31.0. The number of carbonyl (C=O) groups excluding carboxylic acids is 1. The monoisotopic (exact) mass is 643 g/mol. The lowest BCUT2D eigenvalue weighted by atomic mass is 10.0. The molecule has 0 spiro atoms. The normalized spacial score (nSPS) is 18.5. The minimum Gasteiger partial charge on any atom is -0.378 e. The molecule has 3 atom stereocenters. The molecular formula is C26H19Cl3F7N3O2. The summed E-state index contributed by atoms with van der Waals surface area (Å²) in [6.07, 6.45) is -6.66. The van der Waals surface area contributed by atoms with Crippen molar-refractivity contribution in [3.63, 3.8) is 0 Å². The highest BCUT2D eigenvalue weighted by Crippen LogP contribution is 2.65. The van der Waals surface area contributed by atoms with Crippen LogP contribution < -0.4 is 16.0 Å². The second-order valence-electron chi connectivity index (χ2n) is 9.04. The van der Waals surface area contributed by atoms with E-state index in [-0.39, 0.29) is 34.1 Å². The fourth-order valence-corrected chi connectivity index (χ4v) is 5.34. The number of carbonyl (C=O) groups is 1. The van der Waals surface area contributed by atoms with Crippen LogP contribution in [0.5, 0.6) is 0 Å². The van der Waals surface area contributed by atoms with Crippen LogP contribution in [-0.4, -0.2) is 28.6 Å². The van der Waals surface area contributed by atoms with E-state index in [1.165, 1.54) is 18.2 Å². The van der Waals surface area contributed by atoms with Crippen molar-refractivity contribution in [3.05, 3.63) is 87.7 Å². The predicted molar refractivity (Wildman–Crippen MR) is 142 cm³/mol. The van der Waals surface area contributed by atoms with Crippen molar-refractivity contribution >= 4 is 57.8 Å². The molecule has 3 aromatic carbocycles. The average Bonchev–Trinajstić information content (AvgIpc) is 3.48. The van der Waals surface area contributed by atoms with Crippen molar-refractivity contribution in [1.29, 1.82) is 0 Å². The standard InChI is InChI=1S/C26H19Cl3F7N3O2/c27-15-3-2-12(10-13(15)23(40)39-18-6-5-17(32)22(21(18)33)37-8-7-30)38-24(41)20-19(25(20,28)29)11-1-4-16(31)14(9-11)26(34,35)36/h1-6,9-10,19-20,23,37,39-40H,7-8H2,(H,38,41)/t19?,20-,23?/m1/s1. The summed E-state index contributed by atoms with van der Waals surface area (Å²) in [5.41, 5.74) is -2.57. The van der Waals surface area contributed by atoms with Crippen molar-refractivity contribution in [2.45, 2.75) is 22.7 Å². The average molecular weight is 645 g/mol. The zero-order chi connectivity index (χ0) is 30.3.